The molecule has 0 saturated carbocycles. The van der Waals surface area contributed by atoms with Gasteiger partial charge in [-0.25, -0.2) is 0 Å². The van der Waals surface area contributed by atoms with Crippen molar-refractivity contribution in [2.24, 2.45) is 0 Å². The highest BCUT2D eigenvalue weighted by atomic mass is 19.4. The first kappa shape index (κ1) is 16.9. The van der Waals surface area contributed by atoms with Crippen LogP contribution in [0.25, 0.3) is 16.7 Å². The first-order chi connectivity index (χ1) is 10.6. The molecule has 5 heteroatoms. The average molecular weight is 320 g/mol. The Hall–Kier alpha value is -2.43. The Morgan fingerprint density at radius 1 is 1.17 bits per heavy atom. The van der Waals surface area contributed by atoms with Crippen molar-refractivity contribution >= 4 is 16.9 Å². The van der Waals surface area contributed by atoms with E-state index in [9.17, 15) is 13.2 Å². The monoisotopic (exact) mass is 320 g/mol. The number of benzene rings is 2. The number of alkyl halides is 3. The first-order valence-corrected chi connectivity index (χ1v) is 7.10. The van der Waals surface area contributed by atoms with Gasteiger partial charge in [-0.3, -0.25) is 0 Å². The van der Waals surface area contributed by atoms with E-state index in [1.165, 1.54) is 6.07 Å². The molecule has 2 aromatic rings. The Labute approximate surface area is 133 Å². The van der Waals surface area contributed by atoms with E-state index in [2.05, 4.69) is 6.58 Å². The van der Waals surface area contributed by atoms with Gasteiger partial charge in [0.1, 0.15) is 0 Å². The minimum Gasteiger partial charge on any atom is -0.399 e. The third-order valence-corrected chi connectivity index (χ3v) is 3.70. The molecule has 0 radical (unpaired) electrons. The first-order valence-electron chi connectivity index (χ1n) is 7.10. The molecule has 0 fully saturated rings. The third-order valence-electron chi connectivity index (χ3n) is 3.70. The fourth-order valence-corrected chi connectivity index (χ4v) is 2.76. The van der Waals surface area contributed by atoms with E-state index in [0.717, 1.165) is 11.1 Å². The summed E-state index contributed by atoms with van der Waals surface area (Å²) in [6, 6.07) is 8.41. The van der Waals surface area contributed by atoms with Gasteiger partial charge in [0.05, 0.1) is 6.42 Å². The lowest BCUT2D eigenvalue weighted by molar-refractivity contribution is -0.127. The van der Waals surface area contributed by atoms with Crippen molar-refractivity contribution in [2.75, 3.05) is 11.5 Å². The van der Waals surface area contributed by atoms with Crippen LogP contribution in [0.4, 0.5) is 24.5 Å². The Morgan fingerprint density at radius 3 is 2.35 bits per heavy atom. The van der Waals surface area contributed by atoms with Crippen molar-refractivity contribution in [1.29, 1.82) is 0 Å². The molecule has 122 valence electrons. The molecule has 0 amide bonds. The molecule has 0 aliphatic carbocycles. The number of nitrogens with two attached hydrogens (primary N) is 2. The van der Waals surface area contributed by atoms with Crippen molar-refractivity contribution < 1.29 is 13.2 Å². The molecule has 0 aliphatic heterocycles. The van der Waals surface area contributed by atoms with E-state index in [4.69, 9.17) is 11.5 Å². The number of anilines is 2. The maximum absolute atomic E-state index is 12.9. The zero-order chi connectivity index (χ0) is 17.4. The van der Waals surface area contributed by atoms with Gasteiger partial charge in [0.15, 0.2) is 0 Å². The fourth-order valence-electron chi connectivity index (χ4n) is 2.76. The van der Waals surface area contributed by atoms with Crippen molar-refractivity contribution in [3.63, 3.8) is 0 Å². The van der Waals surface area contributed by atoms with Crippen LogP contribution in [0.5, 0.6) is 0 Å². The van der Waals surface area contributed by atoms with Crippen LogP contribution in [0.2, 0.25) is 0 Å². The molecule has 2 rings (SSSR count). The summed E-state index contributed by atoms with van der Waals surface area (Å²) in [5.41, 5.74) is 15.9. The molecule has 0 spiro atoms. The fraction of sp³-hybridized carbons (Fsp3) is 0.222. The van der Waals surface area contributed by atoms with Crippen LogP contribution in [0.3, 0.4) is 0 Å². The van der Waals surface area contributed by atoms with Crippen LogP contribution >= 0.6 is 0 Å². The van der Waals surface area contributed by atoms with Gasteiger partial charge in [-0.1, -0.05) is 24.3 Å². The molecule has 0 aromatic heterocycles. The number of allylic oxidation sites excluding steroid dienone is 1. The number of hydrogen-bond donors (Lipinski definition) is 2. The highest BCUT2D eigenvalue weighted by Crippen LogP contribution is 2.39. The number of hydrogen-bond acceptors (Lipinski definition) is 2. The Morgan fingerprint density at radius 2 is 1.83 bits per heavy atom. The SMILES string of the molecule is C=C(C)c1c(CC(F)(F)F)cc(N)c(C)c1-c1cccc(N)c1. The van der Waals surface area contributed by atoms with Crippen molar-refractivity contribution in [1.82, 2.24) is 0 Å². The molecule has 0 unspecified atom stereocenters. The topological polar surface area (TPSA) is 52.0 Å². The summed E-state index contributed by atoms with van der Waals surface area (Å²) in [4.78, 5) is 0. The van der Waals surface area contributed by atoms with Crippen molar-refractivity contribution in [2.45, 2.75) is 26.4 Å². The lowest BCUT2D eigenvalue weighted by atomic mass is 9.86. The zero-order valence-corrected chi connectivity index (χ0v) is 13.1. The zero-order valence-electron chi connectivity index (χ0n) is 13.1. The maximum Gasteiger partial charge on any atom is 0.393 e. The Balaban J connectivity index is 2.81. The maximum atomic E-state index is 12.9. The average Bonchev–Trinajstić information content (AvgIpc) is 2.40. The molecule has 0 saturated heterocycles. The lowest BCUT2D eigenvalue weighted by Crippen LogP contribution is -2.14. The highest BCUT2D eigenvalue weighted by molar-refractivity contribution is 5.88. The predicted octanol–water partition coefficient (Wildman–Crippen LogP) is 4.96. The number of halogens is 3. The minimum absolute atomic E-state index is 0.130. The summed E-state index contributed by atoms with van der Waals surface area (Å²) >= 11 is 0. The van der Waals surface area contributed by atoms with Gasteiger partial charge in [0, 0.05) is 11.4 Å². The van der Waals surface area contributed by atoms with Gasteiger partial charge >= 0.3 is 6.18 Å². The van der Waals surface area contributed by atoms with Gasteiger partial charge in [-0.2, -0.15) is 13.2 Å². The normalized spacial score (nSPS) is 11.5. The smallest absolute Gasteiger partial charge is 0.393 e. The summed E-state index contributed by atoms with van der Waals surface area (Å²) in [5, 5.41) is 0. The second-order valence-electron chi connectivity index (χ2n) is 5.70. The third kappa shape index (κ3) is 3.67. The largest absolute Gasteiger partial charge is 0.399 e. The predicted molar refractivity (Wildman–Crippen MR) is 89.9 cm³/mol. The van der Waals surface area contributed by atoms with Crippen LogP contribution in [0, 0.1) is 6.92 Å². The van der Waals surface area contributed by atoms with Gasteiger partial charge in [0.2, 0.25) is 0 Å². The summed E-state index contributed by atoms with van der Waals surface area (Å²) < 4.78 is 38.8. The van der Waals surface area contributed by atoms with E-state index in [0.29, 0.717) is 28.1 Å². The molecule has 23 heavy (non-hydrogen) atoms. The molecule has 0 aliphatic rings. The molecule has 0 atom stereocenters. The van der Waals surface area contributed by atoms with E-state index >= 15 is 0 Å². The standard InChI is InChI=1S/C18H19F3N2/c1-10(2)16-13(9-18(19,20)21)8-15(23)11(3)17(16)12-5-4-6-14(22)7-12/h4-8H,1,9,22-23H2,2-3H3. The van der Waals surface area contributed by atoms with Crippen molar-refractivity contribution in [3.05, 3.63) is 53.6 Å². The van der Waals surface area contributed by atoms with Crippen LogP contribution in [-0.4, -0.2) is 6.18 Å². The minimum atomic E-state index is -4.32. The van der Waals surface area contributed by atoms with Gasteiger partial charge in [-0.15, -0.1) is 0 Å². The van der Waals surface area contributed by atoms with E-state index in [1.54, 1.807) is 32.0 Å². The second-order valence-corrected chi connectivity index (χ2v) is 5.70. The highest BCUT2D eigenvalue weighted by Gasteiger charge is 2.30. The summed E-state index contributed by atoms with van der Waals surface area (Å²) in [7, 11) is 0. The van der Waals surface area contributed by atoms with Crippen LogP contribution in [-0.2, 0) is 6.42 Å². The number of rotatable bonds is 3. The summed E-state index contributed by atoms with van der Waals surface area (Å²) in [6.07, 6.45) is -5.37. The van der Waals surface area contributed by atoms with Crippen LogP contribution in [0.1, 0.15) is 23.6 Å². The molecule has 4 N–H and O–H groups in total. The summed E-state index contributed by atoms with van der Waals surface area (Å²) in [5.74, 6) is 0. The van der Waals surface area contributed by atoms with E-state index in [-0.39, 0.29) is 5.56 Å². The Bertz CT molecular complexity index is 762. The van der Waals surface area contributed by atoms with Gasteiger partial charge in [-0.05, 0) is 59.9 Å². The Kier molecular flexibility index (Phi) is 4.41. The molecular weight excluding hydrogens is 301 g/mol. The second kappa shape index (κ2) is 5.99. The molecule has 0 bridgehead atoms. The lowest BCUT2D eigenvalue weighted by Gasteiger charge is -2.21. The molecule has 2 nitrogen and oxygen atoms in total. The van der Waals surface area contributed by atoms with Gasteiger partial charge in [0.25, 0.3) is 0 Å². The molecule has 2 aromatic carbocycles. The molecule has 0 heterocycles. The number of nitrogen functional groups attached to an aromatic ring is 2. The van der Waals surface area contributed by atoms with E-state index < -0.39 is 12.6 Å². The van der Waals surface area contributed by atoms with E-state index in [1.807, 2.05) is 6.07 Å². The van der Waals surface area contributed by atoms with Crippen LogP contribution < -0.4 is 11.5 Å². The molecular formula is C18H19F3N2. The summed E-state index contributed by atoms with van der Waals surface area (Å²) in [6.45, 7) is 7.34. The van der Waals surface area contributed by atoms with Gasteiger partial charge < -0.3 is 11.5 Å². The van der Waals surface area contributed by atoms with Crippen LogP contribution in [0.15, 0.2) is 36.9 Å². The van der Waals surface area contributed by atoms with Crippen molar-refractivity contribution in [3.8, 4) is 11.1 Å². The quantitative estimate of drug-likeness (QED) is 0.785.